The highest BCUT2D eigenvalue weighted by Gasteiger charge is 2.21. The number of benzene rings is 1. The Morgan fingerprint density at radius 2 is 1.84 bits per heavy atom. The first kappa shape index (κ1) is 20.3. The third kappa shape index (κ3) is 6.01. The van der Waals surface area contributed by atoms with Gasteiger partial charge in [-0.15, -0.1) is 6.58 Å². The van der Waals surface area contributed by atoms with Gasteiger partial charge in [-0.2, -0.15) is 0 Å². The summed E-state index contributed by atoms with van der Waals surface area (Å²) in [6.45, 7) is 4.75. The average molecular weight is 370 g/mol. The van der Waals surface area contributed by atoms with Crippen molar-refractivity contribution in [3.63, 3.8) is 0 Å². The van der Waals surface area contributed by atoms with Crippen molar-refractivity contribution in [2.24, 2.45) is 0 Å². The highest BCUT2D eigenvalue weighted by molar-refractivity contribution is 7.89. The molecule has 0 unspecified atom stereocenters. The van der Waals surface area contributed by atoms with Crippen LogP contribution in [0.3, 0.4) is 0 Å². The zero-order valence-corrected chi connectivity index (χ0v) is 14.5. The van der Waals surface area contributed by atoms with Gasteiger partial charge in [0, 0.05) is 6.54 Å². The number of imide groups is 1. The lowest BCUT2D eigenvalue weighted by molar-refractivity contribution is -0.128. The fourth-order valence-electron chi connectivity index (χ4n) is 1.56. The number of ether oxygens (including phenoxy) is 2. The molecule has 25 heavy (non-hydrogen) atoms. The first-order valence-electron chi connectivity index (χ1n) is 7.01. The molecule has 1 atom stereocenters. The lowest BCUT2D eigenvalue weighted by Gasteiger charge is -2.12. The van der Waals surface area contributed by atoms with Gasteiger partial charge in [-0.1, -0.05) is 6.08 Å². The van der Waals surface area contributed by atoms with Crippen LogP contribution in [-0.2, 0) is 24.3 Å². The molecule has 0 heterocycles. The van der Waals surface area contributed by atoms with Crippen molar-refractivity contribution in [3.8, 4) is 0 Å². The second-order valence-electron chi connectivity index (χ2n) is 4.69. The van der Waals surface area contributed by atoms with Gasteiger partial charge < -0.3 is 9.47 Å². The van der Waals surface area contributed by atoms with Crippen molar-refractivity contribution >= 4 is 28.0 Å². The molecular formula is C15H18N2O7S. The van der Waals surface area contributed by atoms with Crippen LogP contribution in [0.25, 0.3) is 0 Å². The number of methoxy groups -OCH3 is 1. The SMILES string of the molecule is C=CCNS(=O)(=O)c1ccc(C(=O)O[C@@H](C)C(=O)NC(=O)OC)cc1. The Bertz CT molecular complexity index is 757. The Labute approximate surface area is 145 Å². The molecule has 1 rings (SSSR count). The maximum absolute atomic E-state index is 12.0. The number of alkyl carbamates (subject to hydrolysis) is 1. The Hall–Kier alpha value is -2.72. The minimum atomic E-state index is -3.71. The van der Waals surface area contributed by atoms with Crippen LogP contribution in [0.2, 0.25) is 0 Å². The summed E-state index contributed by atoms with van der Waals surface area (Å²) in [5.41, 5.74) is 0.0420. The molecule has 0 spiro atoms. The third-order valence-electron chi connectivity index (χ3n) is 2.88. The summed E-state index contributed by atoms with van der Waals surface area (Å²) in [7, 11) is -2.62. The zero-order valence-electron chi connectivity index (χ0n) is 13.6. The van der Waals surface area contributed by atoms with Gasteiger partial charge in [-0.25, -0.2) is 22.7 Å². The number of sulfonamides is 1. The van der Waals surface area contributed by atoms with Crippen LogP contribution in [0.15, 0.2) is 41.8 Å². The minimum absolute atomic E-state index is 0.0395. The van der Waals surface area contributed by atoms with E-state index in [2.05, 4.69) is 16.0 Å². The van der Waals surface area contributed by atoms with E-state index in [1.165, 1.54) is 37.3 Å². The maximum atomic E-state index is 12.0. The van der Waals surface area contributed by atoms with E-state index in [-0.39, 0.29) is 17.0 Å². The number of esters is 1. The Balaban J connectivity index is 2.75. The smallest absolute Gasteiger partial charge is 0.413 e. The number of nitrogens with one attached hydrogen (secondary N) is 2. The predicted molar refractivity (Wildman–Crippen MR) is 87.3 cm³/mol. The molecule has 0 fully saturated rings. The third-order valence-corrected chi connectivity index (χ3v) is 4.32. The summed E-state index contributed by atoms with van der Waals surface area (Å²) in [6.07, 6.45) is -0.830. The number of hydrogen-bond acceptors (Lipinski definition) is 7. The summed E-state index contributed by atoms with van der Waals surface area (Å²) in [5, 5.41) is 1.86. The second-order valence-corrected chi connectivity index (χ2v) is 6.46. The van der Waals surface area contributed by atoms with Gasteiger partial charge in [0.25, 0.3) is 5.91 Å². The standard InChI is InChI=1S/C15H18N2O7S/c1-4-9-16-25(21,22)12-7-5-11(6-8-12)14(19)24-10(2)13(18)17-15(20)23-3/h4-8,10,16H,1,9H2,2-3H3,(H,17,18,20)/t10-/m0/s1. The van der Waals surface area contributed by atoms with Gasteiger partial charge >= 0.3 is 12.1 Å². The predicted octanol–water partition coefficient (Wildman–Crippen LogP) is 0.579. The van der Waals surface area contributed by atoms with Gasteiger partial charge in [-0.3, -0.25) is 10.1 Å². The zero-order chi connectivity index (χ0) is 19.0. The van der Waals surface area contributed by atoms with E-state index in [1.54, 1.807) is 0 Å². The highest BCUT2D eigenvalue weighted by atomic mass is 32.2. The quantitative estimate of drug-likeness (QED) is 0.531. The molecule has 0 aliphatic heterocycles. The molecule has 0 radical (unpaired) electrons. The molecule has 0 aliphatic rings. The second kappa shape index (κ2) is 8.94. The summed E-state index contributed by atoms with van der Waals surface area (Å²) >= 11 is 0. The van der Waals surface area contributed by atoms with E-state index >= 15 is 0 Å². The molecule has 10 heteroatoms. The Kier molecular flexibility index (Phi) is 7.27. The molecule has 0 saturated carbocycles. The first-order valence-corrected chi connectivity index (χ1v) is 8.50. The van der Waals surface area contributed by atoms with Crippen LogP contribution < -0.4 is 10.0 Å². The fraction of sp³-hybridized carbons (Fsp3) is 0.267. The highest BCUT2D eigenvalue weighted by Crippen LogP contribution is 2.12. The van der Waals surface area contributed by atoms with Crippen LogP contribution in [0, 0.1) is 0 Å². The molecule has 2 N–H and O–H groups in total. The number of rotatable bonds is 7. The van der Waals surface area contributed by atoms with Crippen molar-refractivity contribution < 1.29 is 32.3 Å². The molecule has 1 aromatic carbocycles. The van der Waals surface area contributed by atoms with E-state index in [0.717, 1.165) is 7.11 Å². The number of hydrogen-bond donors (Lipinski definition) is 2. The summed E-state index contributed by atoms with van der Waals surface area (Å²) < 4.78 is 35.2. The maximum Gasteiger partial charge on any atom is 0.413 e. The molecule has 0 aliphatic carbocycles. The van der Waals surface area contributed by atoms with E-state index in [0.29, 0.717) is 0 Å². The van der Waals surface area contributed by atoms with Crippen molar-refractivity contribution in [2.45, 2.75) is 17.9 Å². The molecule has 0 saturated heterocycles. The fourth-order valence-corrected chi connectivity index (χ4v) is 2.56. The van der Waals surface area contributed by atoms with Crippen LogP contribution in [0.4, 0.5) is 4.79 Å². The number of carbonyl (C=O) groups excluding carboxylic acids is 3. The van der Waals surface area contributed by atoms with E-state index < -0.39 is 34.1 Å². The van der Waals surface area contributed by atoms with Crippen molar-refractivity contribution in [1.82, 2.24) is 10.0 Å². The number of amides is 2. The van der Waals surface area contributed by atoms with Crippen molar-refractivity contribution in [1.29, 1.82) is 0 Å². The van der Waals surface area contributed by atoms with Gasteiger partial charge in [0.1, 0.15) is 0 Å². The van der Waals surface area contributed by atoms with Crippen LogP contribution in [0.5, 0.6) is 0 Å². The molecular weight excluding hydrogens is 352 g/mol. The minimum Gasteiger partial charge on any atom is -0.453 e. The average Bonchev–Trinajstić information content (AvgIpc) is 2.59. The van der Waals surface area contributed by atoms with Gasteiger partial charge in [-0.05, 0) is 31.2 Å². The molecule has 0 bridgehead atoms. The normalized spacial score (nSPS) is 11.9. The van der Waals surface area contributed by atoms with Crippen molar-refractivity contribution in [3.05, 3.63) is 42.5 Å². The van der Waals surface area contributed by atoms with Crippen LogP contribution >= 0.6 is 0 Å². The molecule has 136 valence electrons. The van der Waals surface area contributed by atoms with Crippen LogP contribution in [0.1, 0.15) is 17.3 Å². The lowest BCUT2D eigenvalue weighted by Crippen LogP contribution is -2.39. The summed E-state index contributed by atoms with van der Waals surface area (Å²) in [6, 6.07) is 4.94. The van der Waals surface area contributed by atoms with Crippen molar-refractivity contribution in [2.75, 3.05) is 13.7 Å². The number of carbonyl (C=O) groups is 3. The van der Waals surface area contributed by atoms with E-state index in [9.17, 15) is 22.8 Å². The van der Waals surface area contributed by atoms with Gasteiger partial charge in [0.2, 0.25) is 10.0 Å². The van der Waals surface area contributed by atoms with Gasteiger partial charge in [0.05, 0.1) is 17.6 Å². The van der Waals surface area contributed by atoms with E-state index in [4.69, 9.17) is 4.74 Å². The summed E-state index contributed by atoms with van der Waals surface area (Å²) in [4.78, 5) is 34.4. The molecule has 0 aromatic heterocycles. The molecule has 9 nitrogen and oxygen atoms in total. The largest absolute Gasteiger partial charge is 0.453 e. The molecule has 1 aromatic rings. The Morgan fingerprint density at radius 3 is 2.36 bits per heavy atom. The topological polar surface area (TPSA) is 128 Å². The Morgan fingerprint density at radius 1 is 1.24 bits per heavy atom. The van der Waals surface area contributed by atoms with Crippen LogP contribution in [-0.4, -0.2) is 46.1 Å². The monoisotopic (exact) mass is 370 g/mol. The lowest BCUT2D eigenvalue weighted by atomic mass is 10.2. The molecule has 2 amide bonds. The summed E-state index contributed by atoms with van der Waals surface area (Å²) in [5.74, 6) is -1.71. The first-order chi connectivity index (χ1) is 11.7. The van der Waals surface area contributed by atoms with Gasteiger partial charge in [0.15, 0.2) is 6.10 Å². The van der Waals surface area contributed by atoms with E-state index in [1.807, 2.05) is 5.32 Å².